The number of amides is 2. The SMILES string of the molecule is COc1ccc([C@@H]2[C@@H](C(=O)NCCCN(C)C)CCC(=O)N2C)cc1. The van der Waals surface area contributed by atoms with Crippen LogP contribution in [0.1, 0.15) is 30.9 Å². The van der Waals surface area contributed by atoms with E-state index in [1.165, 1.54) is 0 Å². The van der Waals surface area contributed by atoms with E-state index < -0.39 is 0 Å². The predicted molar refractivity (Wildman–Crippen MR) is 97.4 cm³/mol. The van der Waals surface area contributed by atoms with Crippen molar-refractivity contribution in [3.05, 3.63) is 29.8 Å². The molecule has 0 spiro atoms. The Balaban J connectivity index is 2.10. The van der Waals surface area contributed by atoms with Crippen LogP contribution in [0.4, 0.5) is 0 Å². The summed E-state index contributed by atoms with van der Waals surface area (Å²) in [6, 6.07) is 7.37. The number of carbonyl (C=O) groups is 2. The van der Waals surface area contributed by atoms with E-state index in [2.05, 4.69) is 10.2 Å². The normalized spacial score (nSPS) is 20.7. The van der Waals surface area contributed by atoms with Crippen molar-refractivity contribution < 1.29 is 14.3 Å². The second-order valence-corrected chi connectivity index (χ2v) is 6.82. The van der Waals surface area contributed by atoms with E-state index >= 15 is 0 Å². The molecule has 0 aliphatic carbocycles. The highest BCUT2D eigenvalue weighted by Crippen LogP contribution is 2.36. The average Bonchev–Trinajstić information content (AvgIpc) is 2.60. The molecular weight excluding hydrogens is 318 g/mol. The molecule has 1 heterocycles. The number of rotatable bonds is 7. The number of methoxy groups -OCH3 is 1. The molecule has 1 saturated heterocycles. The maximum Gasteiger partial charge on any atom is 0.225 e. The Morgan fingerprint density at radius 2 is 2.00 bits per heavy atom. The molecule has 1 aliphatic heterocycles. The lowest BCUT2D eigenvalue weighted by atomic mass is 9.84. The molecule has 0 unspecified atom stereocenters. The third kappa shape index (κ3) is 4.95. The van der Waals surface area contributed by atoms with E-state index in [1.807, 2.05) is 38.4 Å². The minimum atomic E-state index is -0.235. The molecule has 138 valence electrons. The monoisotopic (exact) mass is 347 g/mol. The molecular formula is C19H29N3O3. The minimum absolute atomic E-state index is 0.0268. The lowest BCUT2D eigenvalue weighted by Gasteiger charge is -2.38. The molecule has 1 aromatic rings. The Morgan fingerprint density at radius 3 is 2.60 bits per heavy atom. The van der Waals surface area contributed by atoms with Crippen LogP contribution in [0, 0.1) is 5.92 Å². The van der Waals surface area contributed by atoms with Crippen LogP contribution >= 0.6 is 0 Å². The van der Waals surface area contributed by atoms with E-state index in [-0.39, 0.29) is 23.8 Å². The molecule has 0 bridgehead atoms. The molecule has 1 N–H and O–H groups in total. The summed E-state index contributed by atoms with van der Waals surface area (Å²) in [5, 5.41) is 3.04. The van der Waals surface area contributed by atoms with Gasteiger partial charge in [0.1, 0.15) is 5.75 Å². The highest BCUT2D eigenvalue weighted by atomic mass is 16.5. The lowest BCUT2D eigenvalue weighted by molar-refractivity contribution is -0.141. The summed E-state index contributed by atoms with van der Waals surface area (Å²) in [6.07, 6.45) is 1.91. The van der Waals surface area contributed by atoms with Crippen molar-refractivity contribution in [1.82, 2.24) is 15.1 Å². The van der Waals surface area contributed by atoms with Crippen LogP contribution in [0.2, 0.25) is 0 Å². The van der Waals surface area contributed by atoms with Crippen molar-refractivity contribution in [2.75, 3.05) is 41.3 Å². The number of ether oxygens (including phenoxy) is 1. The number of nitrogens with one attached hydrogen (secondary N) is 1. The van der Waals surface area contributed by atoms with Gasteiger partial charge in [0.05, 0.1) is 19.1 Å². The Morgan fingerprint density at radius 1 is 1.32 bits per heavy atom. The largest absolute Gasteiger partial charge is 0.497 e. The van der Waals surface area contributed by atoms with E-state index in [0.717, 1.165) is 24.3 Å². The van der Waals surface area contributed by atoms with Crippen molar-refractivity contribution >= 4 is 11.8 Å². The summed E-state index contributed by atoms with van der Waals surface area (Å²) < 4.78 is 5.20. The van der Waals surface area contributed by atoms with Crippen molar-refractivity contribution in [2.45, 2.75) is 25.3 Å². The van der Waals surface area contributed by atoms with Crippen LogP contribution < -0.4 is 10.1 Å². The fourth-order valence-corrected chi connectivity index (χ4v) is 3.31. The fourth-order valence-electron chi connectivity index (χ4n) is 3.31. The van der Waals surface area contributed by atoms with Crippen LogP contribution in [0.25, 0.3) is 0 Å². The molecule has 6 nitrogen and oxygen atoms in total. The summed E-state index contributed by atoms with van der Waals surface area (Å²) in [5.41, 5.74) is 0.963. The number of carbonyl (C=O) groups excluding carboxylic acids is 2. The molecule has 2 amide bonds. The third-order valence-corrected chi connectivity index (χ3v) is 4.74. The topological polar surface area (TPSA) is 61.9 Å². The van der Waals surface area contributed by atoms with Gasteiger partial charge in [0.25, 0.3) is 0 Å². The molecule has 6 heteroatoms. The van der Waals surface area contributed by atoms with Gasteiger partial charge < -0.3 is 19.9 Å². The van der Waals surface area contributed by atoms with E-state index in [0.29, 0.717) is 19.4 Å². The summed E-state index contributed by atoms with van der Waals surface area (Å²) >= 11 is 0. The minimum Gasteiger partial charge on any atom is -0.497 e. The van der Waals surface area contributed by atoms with Crippen LogP contribution in [0.15, 0.2) is 24.3 Å². The van der Waals surface area contributed by atoms with E-state index in [9.17, 15) is 9.59 Å². The van der Waals surface area contributed by atoms with Gasteiger partial charge in [-0.3, -0.25) is 9.59 Å². The van der Waals surface area contributed by atoms with Crippen LogP contribution in [-0.2, 0) is 9.59 Å². The molecule has 25 heavy (non-hydrogen) atoms. The molecule has 0 aromatic heterocycles. The first-order valence-corrected chi connectivity index (χ1v) is 8.76. The Labute approximate surface area is 150 Å². The van der Waals surface area contributed by atoms with Gasteiger partial charge in [-0.1, -0.05) is 12.1 Å². The first-order valence-electron chi connectivity index (χ1n) is 8.76. The van der Waals surface area contributed by atoms with Crippen LogP contribution in [-0.4, -0.2) is 63.0 Å². The second kappa shape index (κ2) is 8.85. The zero-order valence-corrected chi connectivity index (χ0v) is 15.6. The molecule has 2 rings (SSSR count). The van der Waals surface area contributed by atoms with Gasteiger partial charge in [-0.2, -0.15) is 0 Å². The van der Waals surface area contributed by atoms with Crippen LogP contribution in [0.5, 0.6) is 5.75 Å². The first kappa shape index (κ1) is 19.2. The smallest absolute Gasteiger partial charge is 0.225 e. The average molecular weight is 347 g/mol. The zero-order valence-electron chi connectivity index (χ0n) is 15.6. The summed E-state index contributed by atoms with van der Waals surface area (Å²) in [4.78, 5) is 28.7. The second-order valence-electron chi connectivity index (χ2n) is 6.82. The number of hydrogen-bond acceptors (Lipinski definition) is 4. The van der Waals surface area contributed by atoms with Crippen molar-refractivity contribution in [1.29, 1.82) is 0 Å². The summed E-state index contributed by atoms with van der Waals surface area (Å²) in [7, 11) is 7.43. The van der Waals surface area contributed by atoms with Gasteiger partial charge in [-0.15, -0.1) is 0 Å². The molecule has 1 fully saturated rings. The highest BCUT2D eigenvalue weighted by Gasteiger charge is 2.38. The quantitative estimate of drug-likeness (QED) is 0.762. The van der Waals surface area contributed by atoms with Gasteiger partial charge in [-0.25, -0.2) is 0 Å². The number of benzene rings is 1. The lowest BCUT2D eigenvalue weighted by Crippen LogP contribution is -2.46. The molecule has 1 aliphatic rings. The maximum atomic E-state index is 12.7. The van der Waals surface area contributed by atoms with E-state index in [1.54, 1.807) is 19.1 Å². The number of piperidine rings is 1. The molecule has 0 saturated carbocycles. The standard InChI is InChI=1S/C19H29N3O3/c1-21(2)13-5-12-20-19(24)16-10-11-17(23)22(3)18(16)14-6-8-15(25-4)9-7-14/h6-9,16,18H,5,10-13H2,1-4H3,(H,20,24)/t16-,18+/m0/s1. The van der Waals surface area contributed by atoms with Gasteiger partial charge in [0.15, 0.2) is 0 Å². The Hall–Kier alpha value is -2.08. The number of nitrogens with zero attached hydrogens (tertiary/aromatic N) is 2. The Bertz CT molecular complexity index is 586. The Kier molecular flexibility index (Phi) is 6.82. The van der Waals surface area contributed by atoms with Crippen molar-refractivity contribution in [3.8, 4) is 5.75 Å². The van der Waals surface area contributed by atoms with Gasteiger partial charge in [-0.05, 0) is 51.2 Å². The third-order valence-electron chi connectivity index (χ3n) is 4.74. The molecule has 1 aromatic carbocycles. The van der Waals surface area contributed by atoms with Crippen LogP contribution in [0.3, 0.4) is 0 Å². The number of hydrogen-bond donors (Lipinski definition) is 1. The number of likely N-dealkylation sites (tertiary alicyclic amines) is 1. The van der Waals surface area contributed by atoms with Gasteiger partial charge in [0.2, 0.25) is 11.8 Å². The zero-order chi connectivity index (χ0) is 18.4. The summed E-state index contributed by atoms with van der Waals surface area (Å²) in [6.45, 7) is 1.59. The first-order chi connectivity index (χ1) is 11.9. The predicted octanol–water partition coefficient (Wildman–Crippen LogP) is 1.67. The van der Waals surface area contributed by atoms with E-state index in [4.69, 9.17) is 4.74 Å². The van der Waals surface area contributed by atoms with Crippen molar-refractivity contribution in [2.24, 2.45) is 5.92 Å². The van der Waals surface area contributed by atoms with Crippen molar-refractivity contribution in [3.63, 3.8) is 0 Å². The highest BCUT2D eigenvalue weighted by molar-refractivity contribution is 5.84. The maximum absolute atomic E-state index is 12.7. The van der Waals surface area contributed by atoms with Gasteiger partial charge >= 0.3 is 0 Å². The van der Waals surface area contributed by atoms with Gasteiger partial charge in [0, 0.05) is 20.0 Å². The molecule has 0 radical (unpaired) electrons. The fraction of sp³-hybridized carbons (Fsp3) is 0.579. The molecule has 2 atom stereocenters. The summed E-state index contributed by atoms with van der Waals surface area (Å²) in [5.74, 6) is 0.644.